The third-order valence-corrected chi connectivity index (χ3v) is 2.11. The van der Waals surface area contributed by atoms with E-state index in [2.05, 4.69) is 20.3 Å². The number of H-pyrrole nitrogens is 1. The van der Waals surface area contributed by atoms with Crippen molar-refractivity contribution in [3.05, 3.63) is 18.1 Å². The maximum Gasteiger partial charge on any atom is 0.275 e. The summed E-state index contributed by atoms with van der Waals surface area (Å²) in [5.41, 5.74) is 5.87. The number of nitrogens with zero attached hydrogens (tertiary/aromatic N) is 3. The SMILES string of the molecule is COCC(C)(N)c1noc(-c2ccn[nH]2)n1. The van der Waals surface area contributed by atoms with Gasteiger partial charge in [0.25, 0.3) is 5.89 Å². The molecule has 3 N–H and O–H groups in total. The highest BCUT2D eigenvalue weighted by molar-refractivity contribution is 5.44. The Labute approximate surface area is 92.0 Å². The molecule has 0 aromatic carbocycles. The predicted octanol–water partition coefficient (Wildman–Crippen LogP) is 0.280. The topological polar surface area (TPSA) is 103 Å². The van der Waals surface area contributed by atoms with E-state index in [1.807, 2.05) is 0 Å². The molecule has 0 aliphatic rings. The van der Waals surface area contributed by atoms with E-state index in [0.29, 0.717) is 24.0 Å². The molecular formula is C9H13N5O2. The molecule has 0 saturated heterocycles. The molecule has 0 radical (unpaired) electrons. The van der Waals surface area contributed by atoms with Crippen LogP contribution in [0.3, 0.4) is 0 Å². The van der Waals surface area contributed by atoms with E-state index in [0.717, 1.165) is 0 Å². The zero-order valence-corrected chi connectivity index (χ0v) is 9.10. The summed E-state index contributed by atoms with van der Waals surface area (Å²) in [6.45, 7) is 2.09. The van der Waals surface area contributed by atoms with Gasteiger partial charge in [0.1, 0.15) is 11.2 Å². The van der Waals surface area contributed by atoms with Crippen molar-refractivity contribution in [2.24, 2.45) is 5.73 Å². The van der Waals surface area contributed by atoms with Crippen molar-refractivity contribution in [2.75, 3.05) is 13.7 Å². The molecule has 7 nitrogen and oxygen atoms in total. The quantitative estimate of drug-likeness (QED) is 0.771. The molecule has 86 valence electrons. The number of methoxy groups -OCH3 is 1. The van der Waals surface area contributed by atoms with Crippen molar-refractivity contribution in [1.29, 1.82) is 0 Å². The number of nitrogens with two attached hydrogens (primary N) is 1. The highest BCUT2D eigenvalue weighted by Crippen LogP contribution is 2.19. The molecule has 0 saturated carbocycles. The third-order valence-electron chi connectivity index (χ3n) is 2.11. The molecule has 1 unspecified atom stereocenters. The monoisotopic (exact) mass is 223 g/mol. The highest BCUT2D eigenvalue weighted by atomic mass is 16.5. The lowest BCUT2D eigenvalue weighted by atomic mass is 10.1. The third kappa shape index (κ3) is 1.95. The molecule has 2 heterocycles. The first-order valence-electron chi connectivity index (χ1n) is 4.75. The van der Waals surface area contributed by atoms with E-state index in [1.165, 1.54) is 0 Å². The molecule has 0 aliphatic carbocycles. The molecule has 16 heavy (non-hydrogen) atoms. The van der Waals surface area contributed by atoms with Crippen LogP contribution in [0.4, 0.5) is 0 Å². The average molecular weight is 223 g/mol. The molecule has 0 aliphatic heterocycles. The molecule has 2 aromatic heterocycles. The maximum atomic E-state index is 5.98. The predicted molar refractivity (Wildman–Crippen MR) is 55.3 cm³/mol. The zero-order chi connectivity index (χ0) is 11.6. The van der Waals surface area contributed by atoms with Crippen molar-refractivity contribution in [3.8, 4) is 11.6 Å². The van der Waals surface area contributed by atoms with Crippen LogP contribution in [0.25, 0.3) is 11.6 Å². The Morgan fingerprint density at radius 1 is 1.62 bits per heavy atom. The van der Waals surface area contributed by atoms with Crippen molar-refractivity contribution in [2.45, 2.75) is 12.5 Å². The number of aromatic amines is 1. The molecule has 1 atom stereocenters. The van der Waals surface area contributed by atoms with E-state index < -0.39 is 5.54 Å². The Kier molecular flexibility index (Phi) is 2.71. The van der Waals surface area contributed by atoms with Gasteiger partial charge in [-0.3, -0.25) is 5.10 Å². The van der Waals surface area contributed by atoms with Gasteiger partial charge in [-0.1, -0.05) is 5.16 Å². The Balaban J connectivity index is 2.26. The smallest absolute Gasteiger partial charge is 0.275 e. The van der Waals surface area contributed by atoms with Gasteiger partial charge in [-0.25, -0.2) is 0 Å². The van der Waals surface area contributed by atoms with Gasteiger partial charge in [0.05, 0.1) is 6.61 Å². The molecule has 0 amide bonds. The lowest BCUT2D eigenvalue weighted by Crippen LogP contribution is -2.38. The normalized spacial score (nSPS) is 14.9. The van der Waals surface area contributed by atoms with Crippen LogP contribution in [0.1, 0.15) is 12.7 Å². The first-order valence-corrected chi connectivity index (χ1v) is 4.75. The van der Waals surface area contributed by atoms with Crippen molar-refractivity contribution >= 4 is 0 Å². The van der Waals surface area contributed by atoms with Gasteiger partial charge in [0, 0.05) is 13.3 Å². The second-order valence-corrected chi connectivity index (χ2v) is 3.74. The highest BCUT2D eigenvalue weighted by Gasteiger charge is 2.27. The lowest BCUT2D eigenvalue weighted by molar-refractivity contribution is 0.135. The molecule has 0 bridgehead atoms. The van der Waals surface area contributed by atoms with Gasteiger partial charge in [-0.15, -0.1) is 0 Å². The van der Waals surface area contributed by atoms with E-state index >= 15 is 0 Å². The van der Waals surface area contributed by atoms with Crippen molar-refractivity contribution in [3.63, 3.8) is 0 Å². The fourth-order valence-corrected chi connectivity index (χ4v) is 1.30. The number of hydrogen-bond donors (Lipinski definition) is 2. The molecular weight excluding hydrogens is 210 g/mol. The first-order chi connectivity index (χ1) is 7.63. The van der Waals surface area contributed by atoms with E-state index in [9.17, 15) is 0 Å². The van der Waals surface area contributed by atoms with E-state index in [1.54, 1.807) is 26.3 Å². The number of nitrogens with one attached hydrogen (secondary N) is 1. The molecule has 2 rings (SSSR count). The fraction of sp³-hybridized carbons (Fsp3) is 0.444. The summed E-state index contributed by atoms with van der Waals surface area (Å²) in [7, 11) is 1.57. The van der Waals surface area contributed by atoms with Crippen molar-refractivity contribution in [1.82, 2.24) is 20.3 Å². The fourth-order valence-electron chi connectivity index (χ4n) is 1.30. The number of hydrogen-bond acceptors (Lipinski definition) is 6. The van der Waals surface area contributed by atoms with Crippen LogP contribution in [-0.2, 0) is 10.3 Å². The Bertz CT molecular complexity index is 448. The zero-order valence-electron chi connectivity index (χ0n) is 9.10. The van der Waals surface area contributed by atoms with Crippen LogP contribution >= 0.6 is 0 Å². The molecule has 0 spiro atoms. The number of aromatic nitrogens is 4. The van der Waals surface area contributed by atoms with Crippen LogP contribution < -0.4 is 5.73 Å². The summed E-state index contributed by atoms with van der Waals surface area (Å²) in [5, 5.41) is 10.4. The Morgan fingerprint density at radius 2 is 2.44 bits per heavy atom. The average Bonchev–Trinajstić information content (AvgIpc) is 2.89. The molecule has 2 aromatic rings. The van der Waals surface area contributed by atoms with Gasteiger partial charge in [-0.2, -0.15) is 10.1 Å². The minimum absolute atomic E-state index is 0.314. The van der Waals surface area contributed by atoms with Gasteiger partial charge >= 0.3 is 0 Å². The molecule has 0 fully saturated rings. The van der Waals surface area contributed by atoms with Gasteiger partial charge in [0.2, 0.25) is 0 Å². The van der Waals surface area contributed by atoms with Gasteiger partial charge in [0.15, 0.2) is 5.82 Å². The second-order valence-electron chi connectivity index (χ2n) is 3.74. The second kappa shape index (κ2) is 4.03. The van der Waals surface area contributed by atoms with E-state index in [-0.39, 0.29) is 0 Å². The van der Waals surface area contributed by atoms with Crippen molar-refractivity contribution < 1.29 is 9.26 Å². The number of ether oxygens (including phenoxy) is 1. The Hall–Kier alpha value is -1.73. The maximum absolute atomic E-state index is 5.98. The van der Waals surface area contributed by atoms with Crippen LogP contribution in [-0.4, -0.2) is 34.1 Å². The summed E-state index contributed by atoms with van der Waals surface area (Å²) < 4.78 is 10.1. The van der Waals surface area contributed by atoms with Crippen LogP contribution in [0, 0.1) is 0 Å². The standard InChI is InChI=1S/C9H13N5O2/c1-9(10,5-15-2)8-12-7(16-14-8)6-3-4-11-13-6/h3-4H,5,10H2,1-2H3,(H,11,13). The van der Waals surface area contributed by atoms with Crippen LogP contribution in [0.15, 0.2) is 16.8 Å². The first kappa shape index (κ1) is 10.8. The summed E-state index contributed by atoms with van der Waals surface area (Å²) in [4.78, 5) is 4.19. The summed E-state index contributed by atoms with van der Waals surface area (Å²) in [6.07, 6.45) is 1.61. The van der Waals surface area contributed by atoms with Gasteiger partial charge < -0.3 is 15.0 Å². The Morgan fingerprint density at radius 3 is 3.06 bits per heavy atom. The minimum Gasteiger partial charge on any atom is -0.382 e. The lowest BCUT2D eigenvalue weighted by Gasteiger charge is -2.18. The summed E-state index contributed by atoms with van der Waals surface area (Å²) in [6, 6.07) is 1.74. The summed E-state index contributed by atoms with van der Waals surface area (Å²) in [5.74, 6) is 0.763. The minimum atomic E-state index is -0.767. The van der Waals surface area contributed by atoms with Crippen LogP contribution in [0.2, 0.25) is 0 Å². The van der Waals surface area contributed by atoms with E-state index in [4.69, 9.17) is 15.0 Å². The molecule has 7 heteroatoms. The summed E-state index contributed by atoms with van der Waals surface area (Å²) >= 11 is 0. The largest absolute Gasteiger partial charge is 0.382 e. The van der Waals surface area contributed by atoms with Gasteiger partial charge in [-0.05, 0) is 13.0 Å². The number of rotatable bonds is 4. The van der Waals surface area contributed by atoms with Crippen LogP contribution in [0.5, 0.6) is 0 Å².